The molecule has 94 valence electrons. The van der Waals surface area contributed by atoms with E-state index < -0.39 is 0 Å². The number of rotatable bonds is 2. The van der Waals surface area contributed by atoms with Crippen molar-refractivity contribution < 1.29 is 0 Å². The van der Waals surface area contributed by atoms with E-state index in [-0.39, 0.29) is 0 Å². The second kappa shape index (κ2) is 5.29. The molecular formula is C16H15NP2. The molecule has 1 nitrogen and oxygen atoms in total. The molecule has 0 spiro atoms. The van der Waals surface area contributed by atoms with Crippen LogP contribution in [0.4, 0.5) is 5.69 Å². The fourth-order valence-electron chi connectivity index (χ4n) is 2.30. The molecule has 2 unspecified atom stereocenters. The van der Waals surface area contributed by atoms with Crippen molar-refractivity contribution in [2.24, 2.45) is 0 Å². The Labute approximate surface area is 118 Å². The van der Waals surface area contributed by atoms with Crippen LogP contribution in [0, 0.1) is 0 Å². The van der Waals surface area contributed by atoms with Gasteiger partial charge in [-0.1, -0.05) is 54.6 Å². The quantitative estimate of drug-likeness (QED) is 0.605. The third kappa shape index (κ3) is 2.50. The summed E-state index contributed by atoms with van der Waals surface area (Å²) in [6, 6.07) is 23.4. The lowest BCUT2D eigenvalue weighted by molar-refractivity contribution is 1.58. The van der Waals surface area contributed by atoms with Gasteiger partial charge in [-0.25, -0.2) is 0 Å². The number of hydrogen-bond acceptors (Lipinski definition) is 1. The zero-order valence-corrected chi connectivity index (χ0v) is 12.8. The Morgan fingerprint density at radius 2 is 1.37 bits per heavy atom. The molecule has 0 bridgehead atoms. The largest absolute Gasteiger partial charge is 0.340 e. The van der Waals surface area contributed by atoms with Gasteiger partial charge < -0.3 is 4.44 Å². The maximum atomic E-state index is 2.68. The zero-order chi connectivity index (χ0) is 13.2. The molecule has 2 atom stereocenters. The van der Waals surface area contributed by atoms with Crippen molar-refractivity contribution in [2.75, 3.05) is 4.44 Å². The van der Waals surface area contributed by atoms with Gasteiger partial charge in [-0.3, -0.25) is 0 Å². The Hall–Kier alpha value is -1.42. The minimum atomic E-state index is 1.17. The van der Waals surface area contributed by atoms with Crippen LogP contribution in [0.5, 0.6) is 0 Å². The van der Waals surface area contributed by atoms with Crippen molar-refractivity contribution in [3.63, 3.8) is 0 Å². The summed E-state index contributed by atoms with van der Waals surface area (Å²) in [4.78, 5) is 0. The molecule has 3 rings (SSSR count). The first-order valence-electron chi connectivity index (χ1n) is 6.13. The number of nitrogens with zero attached hydrogens (tertiary/aromatic N) is 1. The summed E-state index contributed by atoms with van der Waals surface area (Å²) in [6.45, 7) is 0. The molecule has 3 heteroatoms. The molecule has 0 aliphatic rings. The highest BCUT2D eigenvalue weighted by molar-refractivity contribution is 7.39. The molecule has 0 aliphatic carbocycles. The molecule has 0 fully saturated rings. The van der Waals surface area contributed by atoms with Gasteiger partial charge in [-0.05, 0) is 47.2 Å². The van der Waals surface area contributed by atoms with E-state index in [4.69, 9.17) is 0 Å². The topological polar surface area (TPSA) is 3.24 Å². The SMILES string of the molecule is PN(P)c1ccccc1-c1ccc2ccccc2c1. The van der Waals surface area contributed by atoms with Crippen LogP contribution in [0.1, 0.15) is 0 Å². The predicted octanol–water partition coefficient (Wildman–Crippen LogP) is 4.89. The van der Waals surface area contributed by atoms with Crippen molar-refractivity contribution in [3.05, 3.63) is 66.7 Å². The van der Waals surface area contributed by atoms with Gasteiger partial charge in [-0.2, -0.15) is 0 Å². The zero-order valence-electron chi connectivity index (χ0n) is 10.5. The normalized spacial score (nSPS) is 10.6. The summed E-state index contributed by atoms with van der Waals surface area (Å²) in [5.41, 5.74) is 3.65. The highest BCUT2D eigenvalue weighted by Crippen LogP contribution is 2.35. The molecule has 0 amide bonds. The summed E-state index contributed by atoms with van der Waals surface area (Å²) in [6.07, 6.45) is 0. The molecule has 0 saturated carbocycles. The lowest BCUT2D eigenvalue weighted by Gasteiger charge is -2.17. The predicted molar refractivity (Wildman–Crippen MR) is 91.3 cm³/mol. The molecule has 0 saturated heterocycles. The number of fused-ring (bicyclic) bond motifs is 1. The second-order valence-corrected chi connectivity index (χ2v) is 6.20. The molecule has 0 aromatic heterocycles. The van der Waals surface area contributed by atoms with E-state index in [0.717, 1.165) is 0 Å². The van der Waals surface area contributed by atoms with E-state index in [1.54, 1.807) is 0 Å². The van der Waals surface area contributed by atoms with Gasteiger partial charge in [-0.15, -0.1) is 0 Å². The average Bonchev–Trinajstić information content (AvgIpc) is 2.46. The summed E-state index contributed by atoms with van der Waals surface area (Å²) in [5, 5.41) is 2.55. The number of anilines is 1. The Kier molecular flexibility index (Phi) is 3.51. The fraction of sp³-hybridized carbons (Fsp3) is 0. The summed E-state index contributed by atoms with van der Waals surface area (Å²) >= 11 is 0. The van der Waals surface area contributed by atoms with E-state index >= 15 is 0 Å². The smallest absolute Gasteiger partial charge is 0.0502 e. The summed E-state index contributed by atoms with van der Waals surface area (Å²) < 4.78 is 1.99. The molecule has 0 N–H and O–H groups in total. The lowest BCUT2D eigenvalue weighted by Crippen LogP contribution is -1.93. The van der Waals surface area contributed by atoms with Crippen molar-refractivity contribution in [1.29, 1.82) is 0 Å². The first kappa shape index (κ1) is 12.6. The lowest BCUT2D eigenvalue weighted by atomic mass is 10.0. The monoisotopic (exact) mass is 283 g/mol. The summed E-state index contributed by atoms with van der Waals surface area (Å²) in [7, 11) is 5.36. The van der Waals surface area contributed by atoms with Crippen molar-refractivity contribution >= 4 is 35.2 Å². The molecule has 0 aliphatic heterocycles. The fourth-order valence-corrected chi connectivity index (χ4v) is 2.75. The first-order chi connectivity index (χ1) is 9.25. The Bertz CT molecular complexity index is 723. The van der Waals surface area contributed by atoms with Crippen LogP contribution in [-0.4, -0.2) is 0 Å². The van der Waals surface area contributed by atoms with Gasteiger partial charge >= 0.3 is 0 Å². The molecule has 3 aromatic carbocycles. The van der Waals surface area contributed by atoms with Gasteiger partial charge in [0.25, 0.3) is 0 Å². The van der Waals surface area contributed by atoms with Crippen molar-refractivity contribution in [2.45, 2.75) is 0 Å². The third-order valence-electron chi connectivity index (χ3n) is 3.24. The molecule has 3 aromatic rings. The van der Waals surface area contributed by atoms with Crippen LogP contribution >= 0.6 is 18.8 Å². The van der Waals surface area contributed by atoms with Crippen molar-refractivity contribution in [1.82, 2.24) is 0 Å². The van der Waals surface area contributed by atoms with E-state index in [2.05, 4.69) is 85.5 Å². The van der Waals surface area contributed by atoms with Gasteiger partial charge in [0.2, 0.25) is 0 Å². The van der Waals surface area contributed by atoms with E-state index in [9.17, 15) is 0 Å². The van der Waals surface area contributed by atoms with Crippen LogP contribution in [0.3, 0.4) is 0 Å². The third-order valence-corrected chi connectivity index (χ3v) is 3.80. The second-order valence-electron chi connectivity index (χ2n) is 4.49. The van der Waals surface area contributed by atoms with Gasteiger partial charge in [0.1, 0.15) is 0 Å². The van der Waals surface area contributed by atoms with Crippen LogP contribution in [0.15, 0.2) is 66.7 Å². The minimum absolute atomic E-state index is 1.17. The number of hydrogen-bond donors (Lipinski definition) is 0. The van der Waals surface area contributed by atoms with E-state index in [0.29, 0.717) is 0 Å². The van der Waals surface area contributed by atoms with Crippen LogP contribution in [0.2, 0.25) is 0 Å². The Morgan fingerprint density at radius 1 is 0.684 bits per heavy atom. The maximum absolute atomic E-state index is 2.68. The maximum Gasteiger partial charge on any atom is 0.0502 e. The van der Waals surface area contributed by atoms with Gasteiger partial charge in [0, 0.05) is 5.56 Å². The molecule has 19 heavy (non-hydrogen) atoms. The molecule has 0 heterocycles. The van der Waals surface area contributed by atoms with Crippen molar-refractivity contribution in [3.8, 4) is 11.1 Å². The first-order valence-corrected chi connectivity index (χ1v) is 7.17. The molecular weight excluding hydrogens is 268 g/mol. The van der Waals surface area contributed by atoms with E-state index in [1.807, 2.05) is 4.44 Å². The Balaban J connectivity index is 2.19. The highest BCUT2D eigenvalue weighted by Gasteiger charge is 2.06. The highest BCUT2D eigenvalue weighted by atomic mass is 31.1. The van der Waals surface area contributed by atoms with Crippen LogP contribution < -0.4 is 4.44 Å². The van der Waals surface area contributed by atoms with E-state index in [1.165, 1.54) is 27.6 Å². The molecule has 0 radical (unpaired) electrons. The standard InChI is InChI=1S/C16H15NP2/c18-17(19)16-8-4-3-7-15(16)14-10-9-12-5-1-2-6-13(12)11-14/h1-11H,18-19H2. The van der Waals surface area contributed by atoms with Gasteiger partial charge in [0.15, 0.2) is 0 Å². The average molecular weight is 283 g/mol. The summed E-state index contributed by atoms with van der Waals surface area (Å²) in [5.74, 6) is 0. The van der Waals surface area contributed by atoms with Gasteiger partial charge in [0.05, 0.1) is 5.69 Å². The number of para-hydroxylation sites is 1. The minimum Gasteiger partial charge on any atom is -0.340 e. The van der Waals surface area contributed by atoms with Crippen LogP contribution in [0.25, 0.3) is 21.9 Å². The van der Waals surface area contributed by atoms with Crippen LogP contribution in [-0.2, 0) is 0 Å². The Morgan fingerprint density at radius 3 is 2.16 bits per heavy atom. The number of benzene rings is 3.